The van der Waals surface area contributed by atoms with Crippen LogP contribution >= 0.6 is 0 Å². The predicted molar refractivity (Wildman–Crippen MR) is 54.3 cm³/mol. The van der Waals surface area contributed by atoms with Crippen molar-refractivity contribution in [3.05, 3.63) is 36.3 Å². The number of nitrogens with zero attached hydrogens (tertiary/aromatic N) is 3. The largest absolute Gasteiger partial charge is 0.409 e. The van der Waals surface area contributed by atoms with Gasteiger partial charge >= 0.3 is 0 Å². The molecule has 0 amide bonds. The Hall–Kier alpha value is -2.37. The Kier molecular flexibility index (Phi) is 2.32. The van der Waals surface area contributed by atoms with Gasteiger partial charge in [-0.25, -0.2) is 0 Å². The third-order valence-corrected chi connectivity index (χ3v) is 1.94. The van der Waals surface area contributed by atoms with E-state index in [1.165, 1.54) is 0 Å². The summed E-state index contributed by atoms with van der Waals surface area (Å²) in [5, 5.41) is 18.0. The van der Waals surface area contributed by atoms with Crippen molar-refractivity contribution in [3.63, 3.8) is 0 Å². The smallest absolute Gasteiger partial charge is 0.188 e. The zero-order valence-electron chi connectivity index (χ0n) is 7.75. The first kappa shape index (κ1) is 9.20. The van der Waals surface area contributed by atoms with Gasteiger partial charge in [0.25, 0.3) is 0 Å². The Morgan fingerprint density at radius 3 is 2.80 bits per heavy atom. The summed E-state index contributed by atoms with van der Waals surface area (Å²) in [7, 11) is 0. The Balaban J connectivity index is 2.36. The van der Waals surface area contributed by atoms with Crippen molar-refractivity contribution in [2.24, 2.45) is 10.9 Å². The molecule has 0 fully saturated rings. The first-order valence-electron chi connectivity index (χ1n) is 4.25. The maximum Gasteiger partial charge on any atom is 0.188 e. The normalized spacial score (nSPS) is 11.6. The Labute approximate surface area is 85.5 Å². The summed E-state index contributed by atoms with van der Waals surface area (Å²) in [4.78, 5) is 3.90. The number of nitrogens with two attached hydrogens (primary N) is 1. The maximum atomic E-state index is 8.47. The van der Waals surface area contributed by atoms with Gasteiger partial charge in [-0.1, -0.05) is 5.16 Å². The van der Waals surface area contributed by atoms with Gasteiger partial charge in [-0.3, -0.25) is 10.1 Å². The quantitative estimate of drug-likeness (QED) is 0.287. The van der Waals surface area contributed by atoms with Crippen LogP contribution < -0.4 is 5.73 Å². The minimum Gasteiger partial charge on any atom is -0.409 e. The average Bonchev–Trinajstić information content (AvgIpc) is 2.78. The van der Waals surface area contributed by atoms with E-state index in [0.29, 0.717) is 5.69 Å². The van der Waals surface area contributed by atoms with Gasteiger partial charge in [0.15, 0.2) is 5.84 Å². The molecule has 0 saturated heterocycles. The minimum absolute atomic E-state index is 0.00260. The van der Waals surface area contributed by atoms with E-state index in [1.54, 1.807) is 18.5 Å². The molecule has 0 unspecified atom stereocenters. The van der Waals surface area contributed by atoms with Gasteiger partial charge in [0.1, 0.15) is 5.69 Å². The van der Waals surface area contributed by atoms with E-state index in [2.05, 4.69) is 20.3 Å². The van der Waals surface area contributed by atoms with E-state index < -0.39 is 0 Å². The Morgan fingerprint density at radius 1 is 1.40 bits per heavy atom. The number of hydrogen-bond acceptors (Lipinski definition) is 4. The monoisotopic (exact) mass is 203 g/mol. The Morgan fingerprint density at radius 2 is 2.13 bits per heavy atom. The third kappa shape index (κ3) is 1.78. The van der Waals surface area contributed by atoms with Gasteiger partial charge in [-0.2, -0.15) is 5.10 Å². The van der Waals surface area contributed by atoms with Gasteiger partial charge < -0.3 is 10.9 Å². The van der Waals surface area contributed by atoms with E-state index in [9.17, 15) is 0 Å². The van der Waals surface area contributed by atoms with Crippen LogP contribution in [0.3, 0.4) is 0 Å². The number of oxime groups is 1. The molecule has 0 radical (unpaired) electrons. The molecule has 6 nitrogen and oxygen atoms in total. The molecule has 0 spiro atoms. The van der Waals surface area contributed by atoms with Crippen LogP contribution in [0.4, 0.5) is 0 Å². The number of amidine groups is 1. The predicted octanol–water partition coefficient (Wildman–Crippen LogP) is 0.566. The van der Waals surface area contributed by atoms with Crippen LogP contribution in [0.1, 0.15) is 5.69 Å². The standard InChI is InChI=1S/C9H9N5O/c10-9(14-15)8-5-7(12-13-8)6-1-3-11-4-2-6/h1-5,15H,(H2,10,14)(H,12,13). The van der Waals surface area contributed by atoms with Crippen LogP contribution in [-0.2, 0) is 0 Å². The first-order chi connectivity index (χ1) is 7.31. The lowest BCUT2D eigenvalue weighted by Gasteiger charge is -1.92. The van der Waals surface area contributed by atoms with E-state index in [1.807, 2.05) is 12.1 Å². The highest BCUT2D eigenvalue weighted by Gasteiger charge is 2.06. The molecule has 0 bridgehead atoms. The second kappa shape index (κ2) is 3.79. The van der Waals surface area contributed by atoms with Crippen molar-refractivity contribution < 1.29 is 5.21 Å². The molecule has 0 saturated carbocycles. The zero-order chi connectivity index (χ0) is 10.7. The number of hydrogen-bond donors (Lipinski definition) is 3. The van der Waals surface area contributed by atoms with E-state index in [-0.39, 0.29) is 5.84 Å². The molecule has 15 heavy (non-hydrogen) atoms. The zero-order valence-corrected chi connectivity index (χ0v) is 7.75. The van der Waals surface area contributed by atoms with Gasteiger partial charge in [0.05, 0.1) is 5.69 Å². The fourth-order valence-electron chi connectivity index (χ4n) is 1.18. The molecule has 0 atom stereocenters. The molecule has 2 aromatic heterocycles. The van der Waals surface area contributed by atoms with Crippen LogP contribution in [-0.4, -0.2) is 26.2 Å². The molecule has 2 aromatic rings. The summed E-state index contributed by atoms with van der Waals surface area (Å²) < 4.78 is 0. The molecule has 76 valence electrons. The second-order valence-corrected chi connectivity index (χ2v) is 2.89. The fraction of sp³-hybridized carbons (Fsp3) is 0. The summed E-state index contributed by atoms with van der Waals surface area (Å²) in [5.41, 5.74) is 7.51. The van der Waals surface area contributed by atoms with Crippen LogP contribution in [0, 0.1) is 0 Å². The molecule has 2 heterocycles. The van der Waals surface area contributed by atoms with Crippen molar-refractivity contribution in [1.29, 1.82) is 0 Å². The van der Waals surface area contributed by atoms with Crippen LogP contribution in [0.25, 0.3) is 11.3 Å². The molecule has 6 heteroatoms. The number of nitrogens with one attached hydrogen (secondary N) is 1. The summed E-state index contributed by atoms with van der Waals surface area (Å²) in [6, 6.07) is 5.35. The molecule has 0 aromatic carbocycles. The van der Waals surface area contributed by atoms with Crippen molar-refractivity contribution in [2.75, 3.05) is 0 Å². The number of H-pyrrole nitrogens is 1. The summed E-state index contributed by atoms with van der Waals surface area (Å²) in [5.74, 6) is 0.00260. The van der Waals surface area contributed by atoms with Crippen molar-refractivity contribution in [2.45, 2.75) is 0 Å². The van der Waals surface area contributed by atoms with Crippen molar-refractivity contribution in [1.82, 2.24) is 15.2 Å². The SMILES string of the molecule is N/C(=N\O)c1cc(-c2ccncc2)n[nH]1. The number of aromatic nitrogens is 3. The van der Waals surface area contributed by atoms with E-state index in [4.69, 9.17) is 10.9 Å². The third-order valence-electron chi connectivity index (χ3n) is 1.94. The van der Waals surface area contributed by atoms with E-state index >= 15 is 0 Å². The average molecular weight is 203 g/mol. The van der Waals surface area contributed by atoms with E-state index in [0.717, 1.165) is 11.3 Å². The van der Waals surface area contributed by atoms with Gasteiger partial charge in [0, 0.05) is 18.0 Å². The number of pyridine rings is 1. The maximum absolute atomic E-state index is 8.47. The molecular formula is C9H9N5O. The lowest BCUT2D eigenvalue weighted by Crippen LogP contribution is -2.13. The van der Waals surface area contributed by atoms with Gasteiger partial charge in [-0.05, 0) is 18.2 Å². The van der Waals surface area contributed by atoms with Crippen LogP contribution in [0.5, 0.6) is 0 Å². The van der Waals surface area contributed by atoms with Gasteiger partial charge in [0.2, 0.25) is 0 Å². The minimum atomic E-state index is 0.00260. The van der Waals surface area contributed by atoms with Crippen LogP contribution in [0.15, 0.2) is 35.7 Å². The molecule has 4 N–H and O–H groups in total. The van der Waals surface area contributed by atoms with Crippen molar-refractivity contribution in [3.8, 4) is 11.3 Å². The van der Waals surface area contributed by atoms with Gasteiger partial charge in [-0.15, -0.1) is 0 Å². The summed E-state index contributed by atoms with van der Waals surface area (Å²) >= 11 is 0. The summed E-state index contributed by atoms with van der Waals surface area (Å²) in [6.45, 7) is 0. The molecule has 0 aliphatic carbocycles. The second-order valence-electron chi connectivity index (χ2n) is 2.89. The molecule has 0 aliphatic rings. The molecule has 2 rings (SSSR count). The highest BCUT2D eigenvalue weighted by molar-refractivity contribution is 5.96. The summed E-state index contributed by atoms with van der Waals surface area (Å²) in [6.07, 6.45) is 3.35. The highest BCUT2D eigenvalue weighted by Crippen LogP contribution is 2.15. The number of aromatic amines is 1. The topological polar surface area (TPSA) is 100 Å². The first-order valence-corrected chi connectivity index (χ1v) is 4.25. The van der Waals surface area contributed by atoms with Crippen molar-refractivity contribution >= 4 is 5.84 Å². The highest BCUT2D eigenvalue weighted by atomic mass is 16.4. The number of rotatable bonds is 2. The lowest BCUT2D eigenvalue weighted by atomic mass is 10.2. The van der Waals surface area contributed by atoms with Crippen LogP contribution in [0.2, 0.25) is 0 Å². The lowest BCUT2D eigenvalue weighted by molar-refractivity contribution is 0.318. The Bertz CT molecular complexity index is 476. The molecular weight excluding hydrogens is 194 g/mol. The molecule has 0 aliphatic heterocycles. The fourth-order valence-corrected chi connectivity index (χ4v) is 1.18.